The SMILES string of the molecule is COc1cc2cc(-c3cc(OC)c(OC)c(-c4ccc(C5CCCCC5)cc4)c3)c[n+](CCCc3cccc(-c4ccc(-c5cc(-c6cc7cc8c(cc7[n+](C(C)C)c6)OCO8)cc(OC)c5OC)cc4)c3)c2cc1OC. The molecule has 0 atom stereocenters. The van der Waals surface area contributed by atoms with Crippen molar-refractivity contribution in [2.45, 2.75) is 77.3 Å². The molecule has 0 saturated heterocycles. The average molecular weight is 1030 g/mol. The summed E-state index contributed by atoms with van der Waals surface area (Å²) in [4.78, 5) is 0. The van der Waals surface area contributed by atoms with Crippen LogP contribution in [0.5, 0.6) is 46.0 Å². The van der Waals surface area contributed by atoms with Gasteiger partial charge in [-0.25, -0.2) is 0 Å². The molecule has 11 rings (SSSR count). The highest BCUT2D eigenvalue weighted by Gasteiger charge is 2.26. The van der Waals surface area contributed by atoms with E-state index in [2.05, 4.69) is 169 Å². The molecule has 0 N–H and O–H groups in total. The molecule has 1 fully saturated rings. The summed E-state index contributed by atoms with van der Waals surface area (Å²) in [6, 6.07) is 48.2. The Balaban J connectivity index is 0.868. The Hall–Kier alpha value is -8.24. The summed E-state index contributed by atoms with van der Waals surface area (Å²) in [5.74, 6) is 6.29. The van der Waals surface area contributed by atoms with E-state index < -0.39 is 0 Å². The number of aryl methyl sites for hydroxylation is 2. The Kier molecular flexibility index (Phi) is 14.6. The van der Waals surface area contributed by atoms with Crippen LogP contribution in [0.4, 0.5) is 0 Å². The molecule has 7 aromatic carbocycles. The molecule has 1 saturated carbocycles. The van der Waals surface area contributed by atoms with E-state index in [1.165, 1.54) is 43.2 Å². The molecule has 0 spiro atoms. The predicted molar refractivity (Wildman–Crippen MR) is 305 cm³/mol. The molecule has 0 unspecified atom stereocenters. The van der Waals surface area contributed by atoms with E-state index in [0.717, 1.165) is 114 Å². The van der Waals surface area contributed by atoms with Crippen molar-refractivity contribution >= 4 is 21.8 Å². The van der Waals surface area contributed by atoms with Crippen LogP contribution in [0.1, 0.15) is 75.5 Å². The summed E-state index contributed by atoms with van der Waals surface area (Å²) in [5.41, 5.74) is 15.3. The van der Waals surface area contributed by atoms with Gasteiger partial charge in [-0.1, -0.05) is 92.1 Å². The average Bonchev–Trinajstić information content (AvgIpc) is 3.94. The van der Waals surface area contributed by atoms with Crippen molar-refractivity contribution in [1.29, 1.82) is 0 Å². The second kappa shape index (κ2) is 22.2. The van der Waals surface area contributed by atoms with E-state index in [-0.39, 0.29) is 12.8 Å². The van der Waals surface area contributed by atoms with Gasteiger partial charge < -0.3 is 37.9 Å². The van der Waals surface area contributed by atoms with E-state index in [9.17, 15) is 0 Å². The number of benzene rings is 7. The summed E-state index contributed by atoms with van der Waals surface area (Å²) >= 11 is 0. The van der Waals surface area contributed by atoms with Crippen LogP contribution in [0.3, 0.4) is 0 Å². The van der Waals surface area contributed by atoms with Crippen molar-refractivity contribution in [3.05, 3.63) is 157 Å². The van der Waals surface area contributed by atoms with Gasteiger partial charge in [-0.05, 0) is 132 Å². The van der Waals surface area contributed by atoms with Crippen molar-refractivity contribution in [1.82, 2.24) is 0 Å². The third-order valence-corrected chi connectivity index (χ3v) is 15.6. The monoisotopic (exact) mass is 1030 g/mol. The Morgan fingerprint density at radius 1 is 0.481 bits per heavy atom. The highest BCUT2D eigenvalue weighted by molar-refractivity contribution is 5.89. The molecule has 2 aromatic heterocycles. The first-order chi connectivity index (χ1) is 37.7. The zero-order valence-corrected chi connectivity index (χ0v) is 45.5. The molecule has 9 aromatic rings. The van der Waals surface area contributed by atoms with Crippen molar-refractivity contribution in [3.63, 3.8) is 0 Å². The molecule has 2 aliphatic rings. The van der Waals surface area contributed by atoms with Crippen LogP contribution < -0.4 is 47.0 Å². The summed E-state index contributed by atoms with van der Waals surface area (Å²) in [7, 11) is 10.2. The largest absolute Gasteiger partial charge is 0.493 e. The number of aromatic nitrogens is 2. The minimum absolute atomic E-state index is 0.208. The summed E-state index contributed by atoms with van der Waals surface area (Å²) < 4.78 is 51.9. The molecular weight excluding hydrogens is 961 g/mol. The smallest absolute Gasteiger partial charge is 0.231 e. The molecule has 1 aliphatic carbocycles. The Bertz CT molecular complexity index is 3620. The molecule has 0 bridgehead atoms. The van der Waals surface area contributed by atoms with Gasteiger partial charge in [0.2, 0.25) is 17.8 Å². The van der Waals surface area contributed by atoms with E-state index in [1.54, 1.807) is 42.7 Å². The standard InChI is InChI=1S/C67H68N2O8/c1-42(2)69-40-55(30-53-36-62-63(38-59(53)69)77-41-76-62)51-32-57(67(75-8)65(34-51)73-6)48-25-21-46(22-26-48)49-18-12-14-43(28-49)15-13-27-68-39-54(29-52-35-60(70-3)61(71-4)37-58(52)68)50-31-56(66(74-7)64(33-50)72-5)47-23-19-45(20-24-47)44-16-10-9-11-17-44/h12,14,18-26,28-40,42,44H,9-11,13,15-17,27,41H2,1-8H3/q+2. The fourth-order valence-electron chi connectivity index (χ4n) is 11.6. The number of hydrogen-bond donors (Lipinski definition) is 0. The summed E-state index contributed by atoms with van der Waals surface area (Å²) in [6.07, 6.45) is 12.7. The van der Waals surface area contributed by atoms with Gasteiger partial charge >= 0.3 is 0 Å². The number of fused-ring (bicyclic) bond motifs is 3. The lowest BCUT2D eigenvalue weighted by molar-refractivity contribution is -0.690. The van der Waals surface area contributed by atoms with Gasteiger partial charge in [0.05, 0.1) is 65.6 Å². The highest BCUT2D eigenvalue weighted by Crippen LogP contribution is 2.46. The third kappa shape index (κ3) is 10.2. The second-order valence-electron chi connectivity index (χ2n) is 20.5. The van der Waals surface area contributed by atoms with E-state index >= 15 is 0 Å². The highest BCUT2D eigenvalue weighted by atomic mass is 16.7. The maximum absolute atomic E-state index is 6.05. The van der Waals surface area contributed by atoms with Crippen molar-refractivity contribution in [2.75, 3.05) is 49.5 Å². The van der Waals surface area contributed by atoms with Gasteiger partial charge in [0.1, 0.15) is 6.54 Å². The molecule has 10 heteroatoms. The van der Waals surface area contributed by atoms with Crippen molar-refractivity contribution in [3.8, 4) is 102 Å². The molecule has 0 amide bonds. The maximum Gasteiger partial charge on any atom is 0.231 e. The van der Waals surface area contributed by atoms with E-state index in [4.69, 9.17) is 37.9 Å². The van der Waals surface area contributed by atoms with E-state index in [0.29, 0.717) is 34.7 Å². The number of nitrogens with zero attached hydrogens (tertiary/aromatic N) is 2. The van der Waals surface area contributed by atoms with Crippen LogP contribution in [0.25, 0.3) is 77.4 Å². The van der Waals surface area contributed by atoms with Crippen LogP contribution in [-0.4, -0.2) is 49.5 Å². The molecule has 1 aliphatic heterocycles. The summed E-state index contributed by atoms with van der Waals surface area (Å²) in [6.45, 7) is 5.38. The van der Waals surface area contributed by atoms with Crippen molar-refractivity contribution in [2.24, 2.45) is 0 Å². The first-order valence-electron chi connectivity index (χ1n) is 26.9. The lowest BCUT2D eigenvalue weighted by Crippen LogP contribution is -2.36. The molecule has 3 heterocycles. The fourth-order valence-corrected chi connectivity index (χ4v) is 11.6. The number of ether oxygens (including phenoxy) is 8. The lowest BCUT2D eigenvalue weighted by Gasteiger charge is -2.22. The van der Waals surface area contributed by atoms with Crippen molar-refractivity contribution < 1.29 is 47.0 Å². The molecule has 0 radical (unpaired) electrons. The minimum atomic E-state index is 0.208. The quantitative estimate of drug-likeness (QED) is 0.0835. The lowest BCUT2D eigenvalue weighted by atomic mass is 9.83. The molecule has 392 valence electrons. The third-order valence-electron chi connectivity index (χ3n) is 15.6. The van der Waals surface area contributed by atoms with Crippen LogP contribution in [0.2, 0.25) is 0 Å². The first-order valence-corrected chi connectivity index (χ1v) is 26.9. The topological polar surface area (TPSA) is 81.6 Å². The minimum Gasteiger partial charge on any atom is -0.493 e. The molecule has 77 heavy (non-hydrogen) atoms. The van der Waals surface area contributed by atoms with Crippen LogP contribution in [0.15, 0.2) is 146 Å². The van der Waals surface area contributed by atoms with Gasteiger partial charge in [0.15, 0.2) is 64.4 Å². The predicted octanol–water partition coefficient (Wildman–Crippen LogP) is 14.9. The van der Waals surface area contributed by atoms with E-state index in [1.807, 2.05) is 0 Å². The molecule has 10 nitrogen and oxygen atoms in total. The number of pyridine rings is 2. The zero-order valence-electron chi connectivity index (χ0n) is 45.5. The Labute approximate surface area is 452 Å². The molecular formula is C67H68N2O8+2. The number of hydrogen-bond acceptors (Lipinski definition) is 8. The van der Waals surface area contributed by atoms with Crippen LogP contribution in [0, 0.1) is 0 Å². The number of rotatable bonds is 17. The normalized spacial score (nSPS) is 13.3. The fraction of sp³-hybridized carbons (Fsp3) is 0.284. The van der Waals surface area contributed by atoms with Gasteiger partial charge in [-0.15, -0.1) is 0 Å². The van der Waals surface area contributed by atoms with Gasteiger partial charge in [0, 0.05) is 28.7 Å². The van der Waals surface area contributed by atoms with Crippen LogP contribution in [-0.2, 0) is 13.0 Å². The van der Waals surface area contributed by atoms with Crippen LogP contribution >= 0.6 is 0 Å². The number of methoxy groups -OCH3 is 6. The maximum atomic E-state index is 6.05. The second-order valence-corrected chi connectivity index (χ2v) is 20.5. The summed E-state index contributed by atoms with van der Waals surface area (Å²) in [5, 5.41) is 2.11. The Morgan fingerprint density at radius 3 is 1.66 bits per heavy atom. The first kappa shape index (κ1) is 50.9. The Morgan fingerprint density at radius 2 is 1.05 bits per heavy atom. The van der Waals surface area contributed by atoms with Gasteiger partial charge in [0.25, 0.3) is 0 Å². The van der Waals surface area contributed by atoms with Gasteiger partial charge in [-0.2, -0.15) is 9.13 Å². The van der Waals surface area contributed by atoms with Gasteiger partial charge in [-0.3, -0.25) is 0 Å². The zero-order chi connectivity index (χ0) is 53.2.